The highest BCUT2D eigenvalue weighted by Gasteiger charge is 2.30. The maximum absolute atomic E-state index is 10.8. The van der Waals surface area contributed by atoms with Gasteiger partial charge in [0.25, 0.3) is 0 Å². The third-order valence-electron chi connectivity index (χ3n) is 3.61. The quantitative estimate of drug-likeness (QED) is 0.829. The van der Waals surface area contributed by atoms with Gasteiger partial charge >= 0.3 is 0 Å². The zero-order valence-electron chi connectivity index (χ0n) is 11.5. The molecule has 22 heavy (non-hydrogen) atoms. The number of carbonyl (C=O) groups is 1. The fourth-order valence-corrected chi connectivity index (χ4v) is 2.55. The molecule has 1 heterocycles. The van der Waals surface area contributed by atoms with Crippen molar-refractivity contribution in [2.24, 2.45) is 5.73 Å². The van der Waals surface area contributed by atoms with Crippen LogP contribution >= 0.6 is 0 Å². The van der Waals surface area contributed by atoms with Gasteiger partial charge in [-0.1, -0.05) is 30.3 Å². The maximum Gasteiger partial charge on any atom is 0.205 e. The second-order valence-corrected chi connectivity index (χ2v) is 4.93. The molecule has 1 unspecified atom stereocenters. The van der Waals surface area contributed by atoms with E-state index in [0.29, 0.717) is 16.9 Å². The average molecular weight is 292 g/mol. The van der Waals surface area contributed by atoms with Gasteiger partial charge in [-0.2, -0.15) is 5.26 Å². The first-order valence-electron chi connectivity index (χ1n) is 6.59. The lowest BCUT2D eigenvalue weighted by Gasteiger charge is -2.26. The Morgan fingerprint density at radius 1 is 1.23 bits per heavy atom. The van der Waals surface area contributed by atoms with Crippen LogP contribution in [-0.2, 0) is 0 Å². The standard InChI is InChI=1S/C17H12N2O3/c18-8-14-16(11-3-1-10(9-20)2-4-11)13-6-5-12(21)7-15(13)22-17(14)19/h1-7,9,16,21H,19H2. The summed E-state index contributed by atoms with van der Waals surface area (Å²) in [6.45, 7) is 0. The van der Waals surface area contributed by atoms with Crippen LogP contribution in [0.15, 0.2) is 53.9 Å². The van der Waals surface area contributed by atoms with Crippen LogP contribution in [0.25, 0.3) is 0 Å². The maximum atomic E-state index is 10.8. The Labute approximate surface area is 126 Å². The van der Waals surface area contributed by atoms with E-state index in [1.807, 2.05) is 0 Å². The monoisotopic (exact) mass is 292 g/mol. The number of benzene rings is 2. The van der Waals surface area contributed by atoms with E-state index in [0.717, 1.165) is 17.4 Å². The first-order valence-corrected chi connectivity index (χ1v) is 6.59. The van der Waals surface area contributed by atoms with Crippen LogP contribution in [-0.4, -0.2) is 11.4 Å². The van der Waals surface area contributed by atoms with E-state index in [-0.39, 0.29) is 11.6 Å². The number of rotatable bonds is 2. The lowest BCUT2D eigenvalue weighted by atomic mass is 9.83. The minimum Gasteiger partial charge on any atom is -0.508 e. The Balaban J connectivity index is 2.18. The number of nitrogens with two attached hydrogens (primary N) is 1. The van der Waals surface area contributed by atoms with Crippen LogP contribution in [0.5, 0.6) is 11.5 Å². The summed E-state index contributed by atoms with van der Waals surface area (Å²) in [4.78, 5) is 10.8. The minimum absolute atomic E-state index is 0.0186. The number of nitrogens with zero attached hydrogens (tertiary/aromatic N) is 1. The average Bonchev–Trinajstić information content (AvgIpc) is 2.53. The highest BCUT2D eigenvalue weighted by molar-refractivity contribution is 5.75. The number of aldehydes is 1. The minimum atomic E-state index is -0.393. The number of ether oxygens (including phenoxy) is 1. The van der Waals surface area contributed by atoms with Crippen LogP contribution in [0.3, 0.4) is 0 Å². The molecule has 0 radical (unpaired) electrons. The summed E-state index contributed by atoms with van der Waals surface area (Å²) in [5, 5.41) is 19.0. The van der Waals surface area contributed by atoms with Gasteiger partial charge in [-0.05, 0) is 11.6 Å². The second kappa shape index (κ2) is 5.26. The summed E-state index contributed by atoms with van der Waals surface area (Å²) in [6.07, 6.45) is 0.759. The zero-order chi connectivity index (χ0) is 15.7. The van der Waals surface area contributed by atoms with E-state index in [4.69, 9.17) is 10.5 Å². The summed E-state index contributed by atoms with van der Waals surface area (Å²) in [5.41, 5.74) is 8.25. The number of phenols is 1. The van der Waals surface area contributed by atoms with E-state index in [1.54, 1.807) is 30.3 Å². The number of fused-ring (bicyclic) bond motifs is 1. The SMILES string of the molecule is N#CC1=C(N)Oc2cc(O)ccc2C1c1ccc(C=O)cc1. The molecule has 0 saturated heterocycles. The molecule has 0 amide bonds. The molecule has 1 aliphatic heterocycles. The number of aromatic hydroxyl groups is 1. The van der Waals surface area contributed by atoms with Crippen molar-refractivity contribution >= 4 is 6.29 Å². The number of hydrogen-bond donors (Lipinski definition) is 2. The highest BCUT2D eigenvalue weighted by atomic mass is 16.5. The van der Waals surface area contributed by atoms with Crippen molar-refractivity contribution in [3.05, 3.63) is 70.6 Å². The van der Waals surface area contributed by atoms with E-state index in [1.165, 1.54) is 12.1 Å². The summed E-state index contributed by atoms with van der Waals surface area (Å²) in [6, 6.07) is 13.7. The molecule has 1 aliphatic rings. The summed E-state index contributed by atoms with van der Waals surface area (Å²) >= 11 is 0. The normalized spacial score (nSPS) is 16.4. The molecular formula is C17H12N2O3. The molecule has 2 aromatic rings. The molecule has 2 aromatic carbocycles. The predicted octanol–water partition coefficient (Wildman–Crippen LogP) is 2.42. The van der Waals surface area contributed by atoms with Crippen molar-refractivity contribution in [3.63, 3.8) is 0 Å². The molecule has 0 fully saturated rings. The van der Waals surface area contributed by atoms with Crippen molar-refractivity contribution < 1.29 is 14.6 Å². The number of nitriles is 1. The van der Waals surface area contributed by atoms with Gasteiger partial charge in [0.2, 0.25) is 5.88 Å². The fourth-order valence-electron chi connectivity index (χ4n) is 2.55. The third kappa shape index (κ3) is 2.17. The van der Waals surface area contributed by atoms with Gasteiger partial charge in [0, 0.05) is 17.2 Å². The Kier molecular flexibility index (Phi) is 3.28. The van der Waals surface area contributed by atoms with E-state index in [9.17, 15) is 15.2 Å². The van der Waals surface area contributed by atoms with Gasteiger partial charge in [0.15, 0.2) is 0 Å². The molecule has 0 bridgehead atoms. The van der Waals surface area contributed by atoms with Crippen LogP contribution in [0.1, 0.15) is 27.4 Å². The molecular weight excluding hydrogens is 280 g/mol. The van der Waals surface area contributed by atoms with Gasteiger partial charge in [-0.25, -0.2) is 0 Å². The van der Waals surface area contributed by atoms with Gasteiger partial charge in [-0.15, -0.1) is 0 Å². The first kappa shape index (κ1) is 13.7. The number of allylic oxidation sites excluding steroid dienone is 1. The van der Waals surface area contributed by atoms with Crippen molar-refractivity contribution in [1.29, 1.82) is 5.26 Å². The molecule has 0 spiro atoms. The molecule has 3 N–H and O–H groups in total. The molecule has 0 saturated carbocycles. The van der Waals surface area contributed by atoms with E-state index in [2.05, 4.69) is 6.07 Å². The molecule has 1 atom stereocenters. The molecule has 5 heteroatoms. The summed E-state index contributed by atoms with van der Waals surface area (Å²) in [5.74, 6) is 0.100. The molecule has 5 nitrogen and oxygen atoms in total. The van der Waals surface area contributed by atoms with Crippen molar-refractivity contribution in [1.82, 2.24) is 0 Å². The molecule has 108 valence electrons. The van der Waals surface area contributed by atoms with Gasteiger partial charge in [-0.3, -0.25) is 4.79 Å². The van der Waals surface area contributed by atoms with Crippen LogP contribution in [0.2, 0.25) is 0 Å². The van der Waals surface area contributed by atoms with Gasteiger partial charge in [0.05, 0.1) is 5.92 Å². The lowest BCUT2D eigenvalue weighted by molar-refractivity contribution is 0.112. The van der Waals surface area contributed by atoms with E-state index >= 15 is 0 Å². The van der Waals surface area contributed by atoms with Crippen LogP contribution in [0.4, 0.5) is 0 Å². The fraction of sp³-hybridized carbons (Fsp3) is 0.0588. The Morgan fingerprint density at radius 3 is 2.59 bits per heavy atom. The third-order valence-corrected chi connectivity index (χ3v) is 3.61. The molecule has 0 aliphatic carbocycles. The van der Waals surface area contributed by atoms with Crippen LogP contribution < -0.4 is 10.5 Å². The Bertz CT molecular complexity index is 817. The second-order valence-electron chi connectivity index (χ2n) is 4.93. The largest absolute Gasteiger partial charge is 0.508 e. The smallest absolute Gasteiger partial charge is 0.205 e. The van der Waals surface area contributed by atoms with Gasteiger partial charge < -0.3 is 15.6 Å². The predicted molar refractivity (Wildman–Crippen MR) is 79.2 cm³/mol. The van der Waals surface area contributed by atoms with Crippen LogP contribution in [0, 0.1) is 11.3 Å². The Hall–Kier alpha value is -3.26. The van der Waals surface area contributed by atoms with Crippen molar-refractivity contribution in [3.8, 4) is 17.6 Å². The zero-order valence-corrected chi connectivity index (χ0v) is 11.5. The first-order chi connectivity index (χ1) is 10.6. The number of hydrogen-bond acceptors (Lipinski definition) is 5. The summed E-state index contributed by atoms with van der Waals surface area (Å²) < 4.78 is 5.43. The van der Waals surface area contributed by atoms with Gasteiger partial charge in [0.1, 0.15) is 29.4 Å². The summed E-state index contributed by atoms with van der Waals surface area (Å²) in [7, 11) is 0. The highest BCUT2D eigenvalue weighted by Crippen LogP contribution is 2.43. The van der Waals surface area contributed by atoms with E-state index < -0.39 is 5.92 Å². The number of carbonyl (C=O) groups excluding carboxylic acids is 1. The topological polar surface area (TPSA) is 96.3 Å². The molecule has 0 aromatic heterocycles. The lowest BCUT2D eigenvalue weighted by Crippen LogP contribution is -2.20. The molecule has 3 rings (SSSR count). The van der Waals surface area contributed by atoms with Crippen molar-refractivity contribution in [2.45, 2.75) is 5.92 Å². The Morgan fingerprint density at radius 2 is 1.95 bits per heavy atom. The van der Waals surface area contributed by atoms with Crippen molar-refractivity contribution in [2.75, 3.05) is 0 Å². The number of phenolic OH excluding ortho intramolecular Hbond substituents is 1.